The van der Waals surface area contributed by atoms with Gasteiger partial charge in [0.05, 0.1) is 25.4 Å². The van der Waals surface area contributed by atoms with Gasteiger partial charge >= 0.3 is 5.97 Å². The topological polar surface area (TPSA) is 59.0 Å². The maximum absolute atomic E-state index is 15.3. The zero-order valence-corrected chi connectivity index (χ0v) is 19.8. The highest BCUT2D eigenvalue weighted by Crippen LogP contribution is 2.38. The number of rotatable bonds is 9. The number of likely N-dealkylation sites (tertiary alicyclic amines) is 1. The summed E-state index contributed by atoms with van der Waals surface area (Å²) in [5.74, 6) is 0.430. The molecule has 1 aliphatic carbocycles. The SMILES string of the molecule is CCOC(=O)C1=CC=C(c2ccc(OCC3CCN(CC(C)(C)F)CC3)cc2)CC1(F)CO. The first-order chi connectivity index (χ1) is 15.6. The fourth-order valence-corrected chi connectivity index (χ4v) is 4.41. The van der Waals surface area contributed by atoms with Gasteiger partial charge in [-0.1, -0.05) is 18.2 Å². The Kier molecular flexibility index (Phi) is 8.29. The summed E-state index contributed by atoms with van der Waals surface area (Å²) >= 11 is 0. The van der Waals surface area contributed by atoms with Gasteiger partial charge in [0.15, 0.2) is 5.67 Å². The van der Waals surface area contributed by atoms with E-state index in [0.717, 1.165) is 37.2 Å². The molecule has 2 aliphatic rings. The molecule has 1 heterocycles. The molecule has 5 nitrogen and oxygen atoms in total. The number of carbonyl (C=O) groups is 1. The van der Waals surface area contributed by atoms with Crippen LogP contribution < -0.4 is 4.74 Å². The number of allylic oxidation sites excluding steroid dienone is 3. The van der Waals surface area contributed by atoms with Gasteiger partial charge < -0.3 is 19.5 Å². The van der Waals surface area contributed by atoms with Crippen molar-refractivity contribution in [1.29, 1.82) is 0 Å². The summed E-state index contributed by atoms with van der Waals surface area (Å²) in [6.45, 7) is 7.06. The molecule has 0 aromatic heterocycles. The molecule has 0 amide bonds. The standard InChI is InChI=1S/C26H35F2NO4/c1-4-32-24(31)23-10-7-21(15-26(23,28)18-30)20-5-8-22(9-6-20)33-16-19-11-13-29(14-12-19)17-25(2,3)27/h5-10,19,30H,4,11-18H2,1-3H3. The van der Waals surface area contributed by atoms with Gasteiger partial charge in [0, 0.05) is 13.0 Å². The molecular formula is C26H35F2NO4. The number of piperidine rings is 1. The van der Waals surface area contributed by atoms with Crippen LogP contribution in [0.2, 0.25) is 0 Å². The lowest BCUT2D eigenvalue weighted by Crippen LogP contribution is -2.41. The second kappa shape index (κ2) is 10.8. The number of benzene rings is 1. The molecular weight excluding hydrogens is 428 g/mol. The normalized spacial score (nSPS) is 22.5. The van der Waals surface area contributed by atoms with E-state index in [9.17, 15) is 14.3 Å². The summed E-state index contributed by atoms with van der Waals surface area (Å²) in [7, 11) is 0. The van der Waals surface area contributed by atoms with Crippen LogP contribution in [0.5, 0.6) is 5.75 Å². The van der Waals surface area contributed by atoms with Crippen molar-refractivity contribution in [2.45, 2.75) is 51.4 Å². The molecule has 1 N–H and O–H groups in total. The number of hydrogen-bond donors (Lipinski definition) is 1. The van der Waals surface area contributed by atoms with E-state index in [0.29, 0.717) is 24.6 Å². The quantitative estimate of drug-likeness (QED) is 0.547. The monoisotopic (exact) mass is 463 g/mol. The number of esters is 1. The van der Waals surface area contributed by atoms with Crippen LogP contribution in [0.15, 0.2) is 42.0 Å². The zero-order valence-electron chi connectivity index (χ0n) is 19.8. The van der Waals surface area contributed by atoms with Gasteiger partial charge in [-0.3, -0.25) is 0 Å². The first-order valence-electron chi connectivity index (χ1n) is 11.7. The minimum absolute atomic E-state index is 0.109. The van der Waals surface area contributed by atoms with Crippen molar-refractivity contribution < 1.29 is 28.2 Å². The molecule has 1 fully saturated rings. The summed E-state index contributed by atoms with van der Waals surface area (Å²) in [6, 6.07) is 7.41. The Morgan fingerprint density at radius 2 is 1.88 bits per heavy atom. The first-order valence-corrected chi connectivity index (χ1v) is 11.7. The number of nitrogens with zero attached hydrogens (tertiary/aromatic N) is 1. The Morgan fingerprint density at radius 3 is 2.45 bits per heavy atom. The van der Waals surface area contributed by atoms with Crippen molar-refractivity contribution in [3.63, 3.8) is 0 Å². The molecule has 1 aromatic rings. The van der Waals surface area contributed by atoms with Crippen molar-refractivity contribution >= 4 is 11.5 Å². The minimum atomic E-state index is -2.17. The van der Waals surface area contributed by atoms with Crippen LogP contribution in [-0.2, 0) is 9.53 Å². The van der Waals surface area contributed by atoms with Crippen LogP contribution in [-0.4, -0.2) is 66.8 Å². The maximum atomic E-state index is 15.3. The van der Waals surface area contributed by atoms with E-state index in [-0.39, 0.29) is 18.6 Å². The molecule has 1 unspecified atom stereocenters. The third-order valence-corrected chi connectivity index (χ3v) is 6.17. The average molecular weight is 464 g/mol. The van der Waals surface area contributed by atoms with E-state index in [4.69, 9.17) is 9.47 Å². The molecule has 0 saturated carbocycles. The highest BCUT2D eigenvalue weighted by Gasteiger charge is 2.41. The molecule has 1 aliphatic heterocycles. The van der Waals surface area contributed by atoms with Gasteiger partial charge in [-0.05, 0) is 82.0 Å². The Hall–Kier alpha value is -2.25. The second-order valence-corrected chi connectivity index (χ2v) is 9.57. The van der Waals surface area contributed by atoms with Crippen LogP contribution in [0.4, 0.5) is 8.78 Å². The summed E-state index contributed by atoms with van der Waals surface area (Å²) in [5.41, 5.74) is -2.00. The smallest absolute Gasteiger partial charge is 0.337 e. The van der Waals surface area contributed by atoms with E-state index >= 15 is 4.39 Å². The van der Waals surface area contributed by atoms with Crippen molar-refractivity contribution in [1.82, 2.24) is 4.90 Å². The van der Waals surface area contributed by atoms with E-state index < -0.39 is 23.9 Å². The molecule has 1 atom stereocenters. The van der Waals surface area contributed by atoms with E-state index in [1.54, 1.807) is 26.8 Å². The summed E-state index contributed by atoms with van der Waals surface area (Å²) in [5, 5.41) is 9.62. The Morgan fingerprint density at radius 1 is 1.21 bits per heavy atom. The highest BCUT2D eigenvalue weighted by atomic mass is 19.1. The summed E-state index contributed by atoms with van der Waals surface area (Å²) in [4.78, 5) is 14.2. The maximum Gasteiger partial charge on any atom is 0.337 e. The zero-order chi connectivity index (χ0) is 24.1. The lowest BCUT2D eigenvalue weighted by atomic mass is 9.82. The van der Waals surface area contributed by atoms with Gasteiger partial charge in [0.1, 0.15) is 11.4 Å². The van der Waals surface area contributed by atoms with Crippen molar-refractivity contribution in [3.8, 4) is 5.75 Å². The fraction of sp³-hybridized carbons (Fsp3) is 0.577. The number of ether oxygens (including phenoxy) is 2. The summed E-state index contributed by atoms with van der Waals surface area (Å²) < 4.78 is 40.0. The molecule has 7 heteroatoms. The number of aliphatic hydroxyl groups excluding tert-OH is 1. The van der Waals surface area contributed by atoms with Gasteiger partial charge in [-0.25, -0.2) is 13.6 Å². The molecule has 182 valence electrons. The van der Waals surface area contributed by atoms with Gasteiger partial charge in [-0.2, -0.15) is 0 Å². The average Bonchev–Trinajstić information content (AvgIpc) is 2.78. The number of alkyl halides is 2. The van der Waals surface area contributed by atoms with E-state index in [1.165, 1.54) is 6.08 Å². The third-order valence-electron chi connectivity index (χ3n) is 6.17. The van der Waals surface area contributed by atoms with Gasteiger partial charge in [0.25, 0.3) is 0 Å². The fourth-order valence-electron chi connectivity index (χ4n) is 4.41. The van der Waals surface area contributed by atoms with Gasteiger partial charge in [0.2, 0.25) is 0 Å². The number of aliphatic hydroxyl groups is 1. The predicted octanol–water partition coefficient (Wildman–Crippen LogP) is 4.50. The lowest BCUT2D eigenvalue weighted by molar-refractivity contribution is -0.140. The van der Waals surface area contributed by atoms with Crippen LogP contribution >= 0.6 is 0 Å². The largest absolute Gasteiger partial charge is 0.493 e. The van der Waals surface area contributed by atoms with Crippen LogP contribution in [0, 0.1) is 5.92 Å². The second-order valence-electron chi connectivity index (χ2n) is 9.57. The van der Waals surface area contributed by atoms with Crippen molar-refractivity contribution in [3.05, 3.63) is 47.6 Å². The van der Waals surface area contributed by atoms with Crippen molar-refractivity contribution in [2.24, 2.45) is 5.92 Å². The third kappa shape index (κ3) is 6.87. The molecule has 1 saturated heterocycles. The number of halogens is 2. The summed E-state index contributed by atoms with van der Waals surface area (Å²) in [6.07, 6.45) is 4.95. The molecule has 33 heavy (non-hydrogen) atoms. The first kappa shape index (κ1) is 25.4. The molecule has 0 spiro atoms. The van der Waals surface area contributed by atoms with Crippen molar-refractivity contribution in [2.75, 3.05) is 39.5 Å². The Bertz CT molecular complexity index is 867. The minimum Gasteiger partial charge on any atom is -0.493 e. The molecule has 0 radical (unpaired) electrons. The lowest BCUT2D eigenvalue weighted by Gasteiger charge is -2.34. The Balaban J connectivity index is 1.56. The van der Waals surface area contributed by atoms with Crippen LogP contribution in [0.25, 0.3) is 5.57 Å². The predicted molar refractivity (Wildman–Crippen MR) is 125 cm³/mol. The highest BCUT2D eigenvalue weighted by molar-refractivity contribution is 5.93. The number of carbonyl (C=O) groups excluding carboxylic acids is 1. The molecule has 0 bridgehead atoms. The number of hydrogen-bond acceptors (Lipinski definition) is 5. The van der Waals surface area contributed by atoms with E-state index in [2.05, 4.69) is 4.90 Å². The van der Waals surface area contributed by atoms with Crippen LogP contribution in [0.3, 0.4) is 0 Å². The van der Waals surface area contributed by atoms with E-state index in [1.807, 2.05) is 24.3 Å². The molecule has 3 rings (SSSR count). The van der Waals surface area contributed by atoms with Crippen LogP contribution in [0.1, 0.15) is 45.6 Å². The molecule has 1 aromatic carbocycles. The van der Waals surface area contributed by atoms with Gasteiger partial charge in [-0.15, -0.1) is 0 Å². The Labute approximate surface area is 195 Å².